The maximum atomic E-state index is 14.4. The Hall–Kier alpha value is -3.56. The molecule has 1 aliphatic rings. The van der Waals surface area contributed by atoms with Gasteiger partial charge < -0.3 is 4.74 Å². The van der Waals surface area contributed by atoms with Crippen LogP contribution in [0.1, 0.15) is 40.5 Å². The van der Waals surface area contributed by atoms with Gasteiger partial charge in [-0.15, -0.1) is 5.10 Å². The van der Waals surface area contributed by atoms with Gasteiger partial charge in [-0.05, 0) is 48.6 Å². The second kappa shape index (κ2) is 6.73. The maximum absolute atomic E-state index is 14.4. The van der Waals surface area contributed by atoms with Gasteiger partial charge in [0, 0.05) is 5.56 Å². The second-order valence-corrected chi connectivity index (χ2v) is 7.30. The van der Waals surface area contributed by atoms with Gasteiger partial charge in [-0.1, -0.05) is 12.1 Å². The molecule has 3 heterocycles. The largest absolute Gasteiger partial charge is 0.464 e. The molecule has 1 fully saturated rings. The number of carbonyl (C=O) groups is 1. The van der Waals surface area contributed by atoms with E-state index in [1.807, 2.05) is 0 Å². The molecular weight excluding hydrogens is 416 g/mol. The summed E-state index contributed by atoms with van der Waals surface area (Å²) in [5, 5.41) is 4.45. The summed E-state index contributed by atoms with van der Waals surface area (Å²) in [5.41, 5.74) is -0.522. The summed E-state index contributed by atoms with van der Waals surface area (Å²) in [6.45, 7) is 0. The topological polar surface area (TPSA) is 69.4 Å². The van der Waals surface area contributed by atoms with E-state index in [0.29, 0.717) is 10.9 Å². The van der Waals surface area contributed by atoms with Crippen LogP contribution in [0.15, 0.2) is 36.4 Å². The van der Waals surface area contributed by atoms with Crippen molar-refractivity contribution in [1.82, 2.24) is 19.6 Å². The van der Waals surface area contributed by atoms with Crippen LogP contribution in [0.25, 0.3) is 27.9 Å². The van der Waals surface area contributed by atoms with Crippen molar-refractivity contribution in [2.45, 2.75) is 24.9 Å². The molecule has 1 aromatic carbocycles. The molecular formula is C21H14F4N4O2. The first-order valence-corrected chi connectivity index (χ1v) is 9.42. The zero-order valence-corrected chi connectivity index (χ0v) is 16.1. The minimum absolute atomic E-state index is 0.0832. The highest BCUT2D eigenvalue weighted by Crippen LogP contribution is 2.45. The number of carbonyl (C=O) groups excluding carboxylic acids is 1. The Morgan fingerprint density at radius 3 is 2.55 bits per heavy atom. The van der Waals surface area contributed by atoms with Gasteiger partial charge in [0.05, 0.1) is 18.2 Å². The highest BCUT2D eigenvalue weighted by atomic mass is 19.4. The minimum Gasteiger partial charge on any atom is -0.464 e. The first-order chi connectivity index (χ1) is 14.8. The zero-order chi connectivity index (χ0) is 21.9. The molecule has 4 aromatic rings. The van der Waals surface area contributed by atoms with E-state index in [0.717, 1.165) is 30.5 Å². The number of fused-ring (bicyclic) bond motifs is 3. The number of halogens is 4. The molecule has 0 aliphatic heterocycles. The van der Waals surface area contributed by atoms with Gasteiger partial charge in [0.2, 0.25) is 0 Å². The first-order valence-electron chi connectivity index (χ1n) is 9.42. The Bertz CT molecular complexity index is 1360. The highest BCUT2D eigenvalue weighted by molar-refractivity contribution is 5.97. The number of pyridine rings is 1. The van der Waals surface area contributed by atoms with Crippen molar-refractivity contribution in [2.24, 2.45) is 0 Å². The number of nitrogens with zero attached hydrogens (tertiary/aromatic N) is 4. The molecule has 0 saturated heterocycles. The van der Waals surface area contributed by atoms with Crippen molar-refractivity contribution in [3.8, 4) is 11.3 Å². The van der Waals surface area contributed by atoms with Crippen molar-refractivity contribution in [3.63, 3.8) is 0 Å². The monoisotopic (exact) mass is 430 g/mol. The third-order valence-electron chi connectivity index (χ3n) is 5.23. The van der Waals surface area contributed by atoms with Crippen LogP contribution in [0.2, 0.25) is 0 Å². The van der Waals surface area contributed by atoms with Gasteiger partial charge in [-0.3, -0.25) is 0 Å². The summed E-state index contributed by atoms with van der Waals surface area (Å²) in [6.07, 6.45) is -3.19. The Morgan fingerprint density at radius 1 is 1.16 bits per heavy atom. The zero-order valence-electron chi connectivity index (χ0n) is 16.1. The quantitative estimate of drug-likeness (QED) is 0.346. The van der Waals surface area contributed by atoms with E-state index in [4.69, 9.17) is 4.74 Å². The number of ether oxygens (including phenoxy) is 1. The summed E-state index contributed by atoms with van der Waals surface area (Å²) < 4.78 is 60.5. The fourth-order valence-electron chi connectivity index (χ4n) is 3.63. The van der Waals surface area contributed by atoms with Crippen LogP contribution in [0.4, 0.5) is 17.6 Å². The second-order valence-electron chi connectivity index (χ2n) is 7.30. The van der Waals surface area contributed by atoms with Crippen LogP contribution in [0.3, 0.4) is 0 Å². The number of methoxy groups -OCH3 is 1. The van der Waals surface area contributed by atoms with E-state index in [-0.39, 0.29) is 34.2 Å². The molecule has 6 nitrogen and oxygen atoms in total. The number of alkyl halides is 3. The Kier molecular flexibility index (Phi) is 4.21. The van der Waals surface area contributed by atoms with Crippen LogP contribution < -0.4 is 0 Å². The Balaban J connectivity index is 1.89. The lowest BCUT2D eigenvalue weighted by Gasteiger charge is -2.09. The van der Waals surface area contributed by atoms with Gasteiger partial charge in [0.25, 0.3) is 0 Å². The predicted molar refractivity (Wildman–Crippen MR) is 102 cm³/mol. The number of benzene rings is 1. The van der Waals surface area contributed by atoms with Crippen LogP contribution in [-0.4, -0.2) is 32.7 Å². The SMILES string of the molecule is COC(=O)c1cc(-c2ccccc2F)nc2c3c(C4CC4)cc(C(F)(F)F)nc3nn12. The third kappa shape index (κ3) is 3.18. The van der Waals surface area contributed by atoms with E-state index >= 15 is 0 Å². The molecule has 1 aliphatic carbocycles. The first kappa shape index (κ1) is 19.4. The number of esters is 1. The van der Waals surface area contributed by atoms with Crippen LogP contribution in [-0.2, 0) is 10.9 Å². The van der Waals surface area contributed by atoms with Gasteiger partial charge in [0.1, 0.15) is 11.5 Å². The minimum atomic E-state index is -4.65. The van der Waals surface area contributed by atoms with Gasteiger partial charge >= 0.3 is 12.1 Å². The predicted octanol–water partition coefficient (Wildman–Crippen LogP) is 4.77. The molecule has 0 atom stereocenters. The lowest BCUT2D eigenvalue weighted by Crippen LogP contribution is -2.11. The summed E-state index contributed by atoms with van der Waals surface area (Å²) in [4.78, 5) is 20.6. The standard InChI is InChI=1S/C21H14F4N4O2/c1-31-20(30)15-9-14(11-4-2-3-5-13(11)22)26-19-17-12(10-6-7-10)8-16(21(23,24)25)27-18(17)28-29(15)19/h2-5,8-10H,6-7H2,1H3. The van der Waals surface area contributed by atoms with Crippen molar-refractivity contribution in [3.05, 3.63) is 59.2 Å². The Morgan fingerprint density at radius 2 is 1.90 bits per heavy atom. The molecule has 0 amide bonds. The molecule has 10 heteroatoms. The van der Waals surface area contributed by atoms with Crippen LogP contribution in [0, 0.1) is 5.82 Å². The molecule has 0 radical (unpaired) electrons. The normalized spacial score (nSPS) is 14.4. The summed E-state index contributed by atoms with van der Waals surface area (Å²) >= 11 is 0. The average molecular weight is 430 g/mol. The molecule has 31 heavy (non-hydrogen) atoms. The van der Waals surface area contributed by atoms with E-state index in [9.17, 15) is 22.4 Å². The number of aromatic nitrogens is 4. The molecule has 158 valence electrons. The molecule has 0 N–H and O–H groups in total. The van der Waals surface area contributed by atoms with Crippen molar-refractivity contribution < 1.29 is 27.1 Å². The molecule has 3 aromatic heterocycles. The van der Waals surface area contributed by atoms with E-state index in [2.05, 4.69) is 15.1 Å². The number of rotatable bonds is 3. The molecule has 5 rings (SSSR count). The van der Waals surface area contributed by atoms with Gasteiger partial charge in [0.15, 0.2) is 17.0 Å². The lowest BCUT2D eigenvalue weighted by atomic mass is 10.1. The average Bonchev–Trinajstić information content (AvgIpc) is 3.52. The summed E-state index contributed by atoms with van der Waals surface area (Å²) in [7, 11) is 1.16. The van der Waals surface area contributed by atoms with E-state index < -0.39 is 23.7 Å². The third-order valence-corrected chi connectivity index (χ3v) is 5.23. The smallest absolute Gasteiger partial charge is 0.433 e. The van der Waals surface area contributed by atoms with Crippen molar-refractivity contribution in [1.29, 1.82) is 0 Å². The molecule has 0 bridgehead atoms. The fourth-order valence-corrected chi connectivity index (χ4v) is 3.63. The van der Waals surface area contributed by atoms with Crippen LogP contribution in [0.5, 0.6) is 0 Å². The Labute approximate surface area is 172 Å². The molecule has 0 unspecified atom stereocenters. The van der Waals surface area contributed by atoms with E-state index in [1.165, 1.54) is 24.3 Å². The maximum Gasteiger partial charge on any atom is 0.433 e. The van der Waals surface area contributed by atoms with E-state index in [1.54, 1.807) is 6.07 Å². The molecule has 0 spiro atoms. The summed E-state index contributed by atoms with van der Waals surface area (Å²) in [6, 6.07) is 8.18. The van der Waals surface area contributed by atoms with Crippen molar-refractivity contribution >= 4 is 22.6 Å². The van der Waals surface area contributed by atoms with Gasteiger partial charge in [-0.2, -0.15) is 13.2 Å². The fraction of sp³-hybridized carbons (Fsp3) is 0.238. The number of hydrogen-bond donors (Lipinski definition) is 0. The highest BCUT2D eigenvalue weighted by Gasteiger charge is 2.37. The van der Waals surface area contributed by atoms with Crippen LogP contribution >= 0.6 is 0 Å². The van der Waals surface area contributed by atoms with Crippen molar-refractivity contribution in [2.75, 3.05) is 7.11 Å². The number of hydrogen-bond acceptors (Lipinski definition) is 5. The lowest BCUT2D eigenvalue weighted by molar-refractivity contribution is -0.141. The summed E-state index contributed by atoms with van der Waals surface area (Å²) in [5.74, 6) is -1.43. The van der Waals surface area contributed by atoms with Gasteiger partial charge in [-0.25, -0.2) is 23.7 Å². The molecule has 1 saturated carbocycles.